The molecule has 0 radical (unpaired) electrons. The van der Waals surface area contributed by atoms with Crippen molar-refractivity contribution in [2.75, 3.05) is 7.05 Å². The van der Waals surface area contributed by atoms with Crippen molar-refractivity contribution in [1.82, 2.24) is 14.9 Å². The molecular weight excluding hydrogens is 210 g/mol. The molecule has 0 saturated carbocycles. The van der Waals surface area contributed by atoms with Crippen LogP contribution in [0.5, 0.6) is 0 Å². The third-order valence-electron chi connectivity index (χ3n) is 3.02. The van der Waals surface area contributed by atoms with Gasteiger partial charge in [0.25, 0.3) is 0 Å². The van der Waals surface area contributed by atoms with E-state index in [9.17, 15) is 0 Å². The molecule has 0 amide bonds. The van der Waals surface area contributed by atoms with Crippen LogP contribution in [0.3, 0.4) is 0 Å². The summed E-state index contributed by atoms with van der Waals surface area (Å²) in [6, 6.07) is 10.7. The number of aromatic nitrogens is 2. The first kappa shape index (κ1) is 11.9. The van der Waals surface area contributed by atoms with E-state index in [1.165, 1.54) is 5.69 Å². The predicted molar refractivity (Wildman–Crippen MR) is 70.0 cm³/mol. The van der Waals surface area contributed by atoms with Crippen molar-refractivity contribution in [3.8, 4) is 0 Å². The number of hydrogen-bond acceptors (Lipinski definition) is 2. The second-order valence-corrected chi connectivity index (χ2v) is 4.34. The monoisotopic (exact) mass is 229 g/mol. The Morgan fingerprint density at radius 1 is 1.29 bits per heavy atom. The van der Waals surface area contributed by atoms with Gasteiger partial charge in [0.15, 0.2) is 0 Å². The quantitative estimate of drug-likeness (QED) is 0.873. The highest BCUT2D eigenvalue weighted by molar-refractivity contribution is 5.15. The lowest BCUT2D eigenvalue weighted by atomic mass is 10.2. The summed E-state index contributed by atoms with van der Waals surface area (Å²) in [4.78, 5) is 4.53. The molecule has 0 saturated heterocycles. The number of nitrogens with one attached hydrogen (secondary N) is 1. The summed E-state index contributed by atoms with van der Waals surface area (Å²) in [5, 5.41) is 3.26. The van der Waals surface area contributed by atoms with Gasteiger partial charge in [0.05, 0.1) is 12.2 Å². The highest BCUT2D eigenvalue weighted by atomic mass is 15.0. The van der Waals surface area contributed by atoms with Crippen molar-refractivity contribution in [3.63, 3.8) is 0 Å². The molecular formula is C14H19N3. The fourth-order valence-corrected chi connectivity index (χ4v) is 1.97. The number of nitrogens with zero attached hydrogens (tertiary/aromatic N) is 2. The van der Waals surface area contributed by atoms with Crippen LogP contribution in [0.15, 0.2) is 36.5 Å². The van der Waals surface area contributed by atoms with Crippen molar-refractivity contribution >= 4 is 0 Å². The van der Waals surface area contributed by atoms with Crippen LogP contribution in [0.25, 0.3) is 0 Å². The third-order valence-corrected chi connectivity index (χ3v) is 3.02. The molecule has 90 valence electrons. The molecule has 2 aromatic heterocycles. The summed E-state index contributed by atoms with van der Waals surface area (Å²) in [5.74, 6) is 0. The second-order valence-electron chi connectivity index (χ2n) is 4.34. The molecule has 0 spiro atoms. The smallest absolute Gasteiger partial charge is 0.0646 e. The number of aryl methyl sites for hydroxylation is 1. The average molecular weight is 229 g/mol. The molecule has 1 atom stereocenters. The molecule has 2 aromatic rings. The Labute approximate surface area is 103 Å². The summed E-state index contributed by atoms with van der Waals surface area (Å²) < 4.78 is 2.24. The minimum absolute atomic E-state index is 0.356. The molecule has 1 unspecified atom stereocenters. The van der Waals surface area contributed by atoms with Gasteiger partial charge in [0, 0.05) is 23.6 Å². The lowest BCUT2D eigenvalue weighted by molar-refractivity contribution is 0.586. The maximum absolute atomic E-state index is 4.53. The van der Waals surface area contributed by atoms with Crippen LogP contribution in [0.4, 0.5) is 0 Å². The summed E-state index contributed by atoms with van der Waals surface area (Å²) in [6.07, 6.45) is 2.10. The zero-order valence-electron chi connectivity index (χ0n) is 10.6. The molecule has 0 aliphatic heterocycles. The van der Waals surface area contributed by atoms with E-state index in [1.54, 1.807) is 0 Å². The van der Waals surface area contributed by atoms with Gasteiger partial charge in [-0.3, -0.25) is 4.98 Å². The Balaban J connectivity index is 2.22. The lowest BCUT2D eigenvalue weighted by Crippen LogP contribution is -2.17. The minimum Gasteiger partial charge on any atom is -0.344 e. The lowest BCUT2D eigenvalue weighted by Gasteiger charge is -2.14. The van der Waals surface area contributed by atoms with E-state index in [2.05, 4.69) is 52.3 Å². The Morgan fingerprint density at radius 2 is 2.12 bits per heavy atom. The Morgan fingerprint density at radius 3 is 2.82 bits per heavy atom. The highest BCUT2D eigenvalue weighted by Crippen LogP contribution is 2.14. The maximum atomic E-state index is 4.53. The van der Waals surface area contributed by atoms with Gasteiger partial charge in [-0.15, -0.1) is 0 Å². The molecule has 3 nitrogen and oxygen atoms in total. The molecule has 2 rings (SSSR count). The van der Waals surface area contributed by atoms with Crippen LogP contribution in [0, 0.1) is 6.92 Å². The zero-order valence-corrected chi connectivity index (χ0v) is 10.6. The SMILES string of the molecule is CNC(C)c1cccn1Cc1cccc(C)n1. The number of hydrogen-bond donors (Lipinski definition) is 1. The first-order valence-electron chi connectivity index (χ1n) is 5.95. The Bertz CT molecular complexity index is 488. The van der Waals surface area contributed by atoms with E-state index >= 15 is 0 Å². The van der Waals surface area contributed by atoms with Gasteiger partial charge in [0.1, 0.15) is 0 Å². The van der Waals surface area contributed by atoms with Gasteiger partial charge in [0.2, 0.25) is 0 Å². The van der Waals surface area contributed by atoms with Gasteiger partial charge in [-0.05, 0) is 45.2 Å². The minimum atomic E-state index is 0.356. The molecule has 1 N–H and O–H groups in total. The summed E-state index contributed by atoms with van der Waals surface area (Å²) in [6.45, 7) is 5.02. The van der Waals surface area contributed by atoms with E-state index in [-0.39, 0.29) is 0 Å². The third kappa shape index (κ3) is 2.74. The normalized spacial score (nSPS) is 12.6. The van der Waals surface area contributed by atoms with Crippen LogP contribution in [0.2, 0.25) is 0 Å². The van der Waals surface area contributed by atoms with Crippen LogP contribution in [-0.2, 0) is 6.54 Å². The molecule has 0 aliphatic rings. The van der Waals surface area contributed by atoms with Crippen molar-refractivity contribution < 1.29 is 0 Å². The van der Waals surface area contributed by atoms with Gasteiger partial charge < -0.3 is 9.88 Å². The summed E-state index contributed by atoms with van der Waals surface area (Å²) in [5.41, 5.74) is 3.46. The van der Waals surface area contributed by atoms with Crippen LogP contribution < -0.4 is 5.32 Å². The average Bonchev–Trinajstić information content (AvgIpc) is 2.76. The van der Waals surface area contributed by atoms with Gasteiger partial charge >= 0.3 is 0 Å². The molecule has 0 aliphatic carbocycles. The van der Waals surface area contributed by atoms with Crippen LogP contribution in [0.1, 0.15) is 30.0 Å². The second kappa shape index (κ2) is 5.15. The fraction of sp³-hybridized carbons (Fsp3) is 0.357. The molecule has 17 heavy (non-hydrogen) atoms. The largest absolute Gasteiger partial charge is 0.344 e. The van der Waals surface area contributed by atoms with E-state index < -0.39 is 0 Å². The molecule has 2 heterocycles. The standard InChI is InChI=1S/C14H19N3/c1-11-6-4-7-13(16-11)10-17-9-5-8-14(17)12(2)15-3/h4-9,12,15H,10H2,1-3H3. The highest BCUT2D eigenvalue weighted by Gasteiger charge is 2.08. The maximum Gasteiger partial charge on any atom is 0.0646 e. The Hall–Kier alpha value is -1.61. The van der Waals surface area contributed by atoms with Crippen molar-refractivity contribution in [2.24, 2.45) is 0 Å². The number of rotatable bonds is 4. The van der Waals surface area contributed by atoms with Gasteiger partial charge in [-0.2, -0.15) is 0 Å². The van der Waals surface area contributed by atoms with Crippen molar-refractivity contribution in [2.45, 2.75) is 26.4 Å². The van der Waals surface area contributed by atoms with Gasteiger partial charge in [-0.1, -0.05) is 6.07 Å². The fourth-order valence-electron chi connectivity index (χ4n) is 1.97. The van der Waals surface area contributed by atoms with Crippen LogP contribution >= 0.6 is 0 Å². The van der Waals surface area contributed by atoms with E-state index in [0.29, 0.717) is 6.04 Å². The molecule has 3 heteroatoms. The molecule has 0 aromatic carbocycles. The molecule has 0 fully saturated rings. The van der Waals surface area contributed by atoms with E-state index in [0.717, 1.165) is 17.9 Å². The van der Waals surface area contributed by atoms with Crippen molar-refractivity contribution in [1.29, 1.82) is 0 Å². The topological polar surface area (TPSA) is 29.9 Å². The van der Waals surface area contributed by atoms with E-state index in [1.807, 2.05) is 20.0 Å². The van der Waals surface area contributed by atoms with Crippen LogP contribution in [-0.4, -0.2) is 16.6 Å². The number of pyridine rings is 1. The zero-order chi connectivity index (χ0) is 12.3. The Kier molecular flexibility index (Phi) is 3.59. The predicted octanol–water partition coefficient (Wildman–Crippen LogP) is 2.52. The van der Waals surface area contributed by atoms with E-state index in [4.69, 9.17) is 0 Å². The summed E-state index contributed by atoms with van der Waals surface area (Å²) in [7, 11) is 1.98. The van der Waals surface area contributed by atoms with Gasteiger partial charge in [-0.25, -0.2) is 0 Å². The first-order valence-corrected chi connectivity index (χ1v) is 5.95. The molecule has 0 bridgehead atoms. The summed E-state index contributed by atoms with van der Waals surface area (Å²) >= 11 is 0. The van der Waals surface area contributed by atoms with Crippen molar-refractivity contribution in [3.05, 3.63) is 53.6 Å². The first-order chi connectivity index (χ1) is 8.20.